The molecule has 5 rings (SSSR count). The Balaban J connectivity index is 1.35. The molecule has 3 aromatic rings. The second kappa shape index (κ2) is 12.4. The van der Waals surface area contributed by atoms with Gasteiger partial charge in [-0.3, -0.25) is 9.69 Å². The van der Waals surface area contributed by atoms with Gasteiger partial charge in [0.05, 0.1) is 20.6 Å². The smallest absolute Gasteiger partial charge is 0.267 e. The molecule has 0 bridgehead atoms. The van der Waals surface area contributed by atoms with E-state index in [0.29, 0.717) is 21.6 Å². The Labute approximate surface area is 238 Å². The molecule has 0 spiro atoms. The van der Waals surface area contributed by atoms with Crippen molar-refractivity contribution in [2.45, 2.75) is 58.1 Å². The Kier molecular flexibility index (Phi) is 8.78. The number of aliphatic imine (C=N–C) groups is 1. The average Bonchev–Trinajstić information content (AvgIpc) is 3.24. The van der Waals surface area contributed by atoms with Crippen molar-refractivity contribution in [1.82, 2.24) is 4.90 Å². The number of halogens is 2. The number of rotatable bonds is 7. The van der Waals surface area contributed by atoms with Crippen molar-refractivity contribution in [2.24, 2.45) is 4.99 Å². The molecule has 1 saturated carbocycles. The summed E-state index contributed by atoms with van der Waals surface area (Å²) < 4.78 is 5.91. The fourth-order valence-corrected chi connectivity index (χ4v) is 6.23. The number of hydrogen-bond donors (Lipinski definition) is 0. The minimum absolute atomic E-state index is 0.0505. The van der Waals surface area contributed by atoms with Crippen molar-refractivity contribution in [1.29, 1.82) is 0 Å². The fraction of sp³-hybridized carbons (Fsp3) is 0.290. The zero-order valence-corrected chi connectivity index (χ0v) is 23.7. The van der Waals surface area contributed by atoms with Gasteiger partial charge < -0.3 is 4.74 Å². The van der Waals surface area contributed by atoms with E-state index >= 15 is 0 Å². The van der Waals surface area contributed by atoms with Crippen LogP contribution in [0.4, 0.5) is 5.69 Å². The van der Waals surface area contributed by atoms with Crippen LogP contribution in [0, 0.1) is 0 Å². The molecule has 2 aliphatic rings. The number of amides is 1. The molecule has 0 radical (unpaired) electrons. The first kappa shape index (κ1) is 26.9. The number of aryl methyl sites for hydroxylation is 1. The van der Waals surface area contributed by atoms with Gasteiger partial charge in [-0.15, -0.1) is 0 Å². The van der Waals surface area contributed by atoms with Crippen LogP contribution in [-0.4, -0.2) is 22.0 Å². The van der Waals surface area contributed by atoms with Crippen molar-refractivity contribution >= 4 is 57.8 Å². The molecular weight excluding hydrogens is 535 g/mol. The van der Waals surface area contributed by atoms with E-state index in [0.717, 1.165) is 59.8 Å². The zero-order chi connectivity index (χ0) is 26.5. The number of amidine groups is 1. The summed E-state index contributed by atoms with van der Waals surface area (Å²) in [5, 5.41) is 1.82. The van der Waals surface area contributed by atoms with Gasteiger partial charge in [0, 0.05) is 6.04 Å². The lowest BCUT2D eigenvalue weighted by Gasteiger charge is -2.30. The van der Waals surface area contributed by atoms with Gasteiger partial charge in [0.25, 0.3) is 5.91 Å². The number of para-hydroxylation sites is 1. The Morgan fingerprint density at radius 2 is 1.76 bits per heavy atom. The zero-order valence-electron chi connectivity index (χ0n) is 21.3. The van der Waals surface area contributed by atoms with Crippen molar-refractivity contribution < 1.29 is 9.53 Å². The molecule has 3 aromatic carbocycles. The van der Waals surface area contributed by atoms with Crippen LogP contribution in [0.15, 0.2) is 76.6 Å². The highest BCUT2D eigenvalue weighted by Gasteiger charge is 2.38. The second-order valence-electron chi connectivity index (χ2n) is 9.56. The third kappa shape index (κ3) is 6.28. The maximum Gasteiger partial charge on any atom is 0.267 e. The first-order chi connectivity index (χ1) is 18.5. The van der Waals surface area contributed by atoms with Gasteiger partial charge in [0.1, 0.15) is 12.4 Å². The summed E-state index contributed by atoms with van der Waals surface area (Å²) in [6, 6.07) is 21.6. The van der Waals surface area contributed by atoms with Crippen LogP contribution in [0.1, 0.15) is 55.7 Å². The molecular formula is C31H30Cl2N2O2S. The highest BCUT2D eigenvalue weighted by atomic mass is 35.5. The van der Waals surface area contributed by atoms with E-state index in [1.165, 1.54) is 23.7 Å². The van der Waals surface area contributed by atoms with Crippen LogP contribution in [0.3, 0.4) is 0 Å². The van der Waals surface area contributed by atoms with Gasteiger partial charge in [-0.25, -0.2) is 4.99 Å². The SMILES string of the molecule is CCc1ccccc1N=C1S/C(=C/c2ccc(OCc3ccc(Cl)c(Cl)c3)cc2)C(=O)N1C1CCCCC1. The summed E-state index contributed by atoms with van der Waals surface area (Å²) in [7, 11) is 0. The molecule has 38 heavy (non-hydrogen) atoms. The Hall–Kier alpha value is -2.73. The third-order valence-corrected chi connectivity index (χ3v) is 8.65. The van der Waals surface area contributed by atoms with Gasteiger partial charge in [0.2, 0.25) is 0 Å². The summed E-state index contributed by atoms with van der Waals surface area (Å²) in [5.41, 5.74) is 4.01. The van der Waals surface area contributed by atoms with Crippen molar-refractivity contribution in [3.63, 3.8) is 0 Å². The molecule has 1 aliphatic heterocycles. The topological polar surface area (TPSA) is 41.9 Å². The van der Waals surface area contributed by atoms with Crippen molar-refractivity contribution in [2.75, 3.05) is 0 Å². The molecule has 2 fully saturated rings. The highest BCUT2D eigenvalue weighted by molar-refractivity contribution is 8.18. The van der Waals surface area contributed by atoms with E-state index in [1.807, 2.05) is 65.6 Å². The lowest BCUT2D eigenvalue weighted by molar-refractivity contribution is -0.124. The number of carbonyl (C=O) groups is 1. The van der Waals surface area contributed by atoms with E-state index in [4.69, 9.17) is 32.9 Å². The number of carbonyl (C=O) groups excluding carboxylic acids is 1. The number of nitrogens with zero attached hydrogens (tertiary/aromatic N) is 2. The number of ether oxygens (including phenoxy) is 1. The van der Waals surface area contributed by atoms with Gasteiger partial charge >= 0.3 is 0 Å². The predicted octanol–water partition coefficient (Wildman–Crippen LogP) is 9.07. The largest absolute Gasteiger partial charge is 0.489 e. The summed E-state index contributed by atoms with van der Waals surface area (Å²) in [6.07, 6.45) is 8.45. The lowest BCUT2D eigenvalue weighted by Crippen LogP contribution is -2.40. The van der Waals surface area contributed by atoms with Crippen LogP contribution >= 0.6 is 35.0 Å². The maximum absolute atomic E-state index is 13.7. The number of benzene rings is 3. The Morgan fingerprint density at radius 3 is 2.50 bits per heavy atom. The van der Waals surface area contributed by atoms with Crippen molar-refractivity contribution in [3.05, 3.63) is 98.4 Å². The van der Waals surface area contributed by atoms with Gasteiger partial charge in [0.15, 0.2) is 5.17 Å². The molecule has 1 amide bonds. The van der Waals surface area contributed by atoms with Gasteiger partial charge in [-0.2, -0.15) is 0 Å². The molecule has 1 aliphatic carbocycles. The van der Waals surface area contributed by atoms with E-state index in [2.05, 4.69) is 13.0 Å². The second-order valence-corrected chi connectivity index (χ2v) is 11.4. The maximum atomic E-state index is 13.7. The standard InChI is InChI=1S/C31H30Cl2N2O2S/c1-2-23-8-6-7-11-28(23)34-31-35(24-9-4-3-5-10-24)30(36)29(38-31)19-21-12-15-25(16-13-21)37-20-22-14-17-26(32)27(33)18-22/h6-8,11-19,24H,2-5,9-10,20H2,1H3/b29-19+,34-31?. The molecule has 7 heteroatoms. The monoisotopic (exact) mass is 564 g/mol. The highest BCUT2D eigenvalue weighted by Crippen LogP contribution is 2.39. The van der Waals surface area contributed by atoms with Crippen LogP contribution in [0.25, 0.3) is 6.08 Å². The first-order valence-corrected chi connectivity index (χ1v) is 14.7. The molecule has 0 aromatic heterocycles. The Bertz CT molecular complexity index is 1360. The van der Waals surface area contributed by atoms with Gasteiger partial charge in [-0.1, -0.05) is 85.8 Å². The van der Waals surface area contributed by atoms with E-state index in [1.54, 1.807) is 6.07 Å². The molecule has 196 valence electrons. The first-order valence-electron chi connectivity index (χ1n) is 13.1. The van der Waals surface area contributed by atoms with E-state index < -0.39 is 0 Å². The van der Waals surface area contributed by atoms with E-state index in [-0.39, 0.29) is 11.9 Å². The van der Waals surface area contributed by atoms with Crippen LogP contribution in [0.2, 0.25) is 10.0 Å². The third-order valence-electron chi connectivity index (χ3n) is 6.93. The molecule has 0 unspecified atom stereocenters. The number of hydrogen-bond acceptors (Lipinski definition) is 4. The predicted molar refractivity (Wildman–Crippen MR) is 159 cm³/mol. The molecule has 0 atom stereocenters. The van der Waals surface area contributed by atoms with Gasteiger partial charge in [-0.05, 0) is 84.1 Å². The fourth-order valence-electron chi connectivity index (χ4n) is 4.86. The Morgan fingerprint density at radius 1 is 1.00 bits per heavy atom. The van der Waals surface area contributed by atoms with Crippen LogP contribution in [-0.2, 0) is 17.8 Å². The van der Waals surface area contributed by atoms with Crippen LogP contribution in [0.5, 0.6) is 5.75 Å². The molecule has 0 N–H and O–H groups in total. The van der Waals surface area contributed by atoms with Crippen molar-refractivity contribution in [3.8, 4) is 5.75 Å². The quantitative estimate of drug-likeness (QED) is 0.269. The summed E-state index contributed by atoms with van der Waals surface area (Å²) in [6.45, 7) is 2.52. The molecule has 1 heterocycles. The lowest BCUT2D eigenvalue weighted by atomic mass is 9.94. The van der Waals surface area contributed by atoms with E-state index in [9.17, 15) is 4.79 Å². The normalized spacial score (nSPS) is 18.5. The minimum atomic E-state index is 0.0505. The summed E-state index contributed by atoms with van der Waals surface area (Å²) >= 11 is 13.6. The molecule has 4 nitrogen and oxygen atoms in total. The minimum Gasteiger partial charge on any atom is -0.489 e. The van der Waals surface area contributed by atoms with Crippen LogP contribution < -0.4 is 4.74 Å². The number of thioether (sulfide) groups is 1. The summed E-state index contributed by atoms with van der Waals surface area (Å²) in [5.74, 6) is 0.792. The summed E-state index contributed by atoms with van der Waals surface area (Å²) in [4.78, 5) is 21.3. The molecule has 1 saturated heterocycles. The average molecular weight is 566 g/mol.